The summed E-state index contributed by atoms with van der Waals surface area (Å²) in [5.74, 6) is -5.08. The highest BCUT2D eigenvalue weighted by Gasteiger charge is 2.18. The van der Waals surface area contributed by atoms with Crippen molar-refractivity contribution in [2.45, 2.75) is 6.92 Å². The lowest BCUT2D eigenvalue weighted by molar-refractivity contribution is 0.415. The molecule has 0 heterocycles. The van der Waals surface area contributed by atoms with Gasteiger partial charge in [-0.25, -0.2) is 13.2 Å². The Morgan fingerprint density at radius 1 is 1.08 bits per heavy atom. The van der Waals surface area contributed by atoms with Crippen molar-refractivity contribution in [1.29, 1.82) is 0 Å². The normalized spacial score (nSPS) is 10.3. The van der Waals surface area contributed by atoms with Crippen LogP contribution in [0.15, 0.2) is 0 Å². The molecule has 1 nitrogen and oxygen atoms in total. The monoisotopic (exact) mass is 172 g/mol. The zero-order chi connectivity index (χ0) is 9.46. The smallest absolute Gasteiger partial charge is 0.170 e. The maximum atomic E-state index is 12.7. The fourth-order valence-electron chi connectivity index (χ4n) is 0.779. The van der Waals surface area contributed by atoms with E-state index < -0.39 is 34.2 Å². The van der Waals surface area contributed by atoms with Crippen molar-refractivity contribution in [3.05, 3.63) is 23.0 Å². The Labute approximate surface area is 68.2 Å². The maximum Gasteiger partial charge on any atom is 0.170 e. The van der Waals surface area contributed by atoms with Crippen molar-refractivity contribution in [1.82, 2.24) is 0 Å². The topological polar surface area (TPSA) is 20.2 Å². The minimum atomic E-state index is -1.42. The van der Waals surface area contributed by atoms with E-state index in [0.29, 0.717) is 0 Å². The van der Waals surface area contributed by atoms with Gasteiger partial charge in [0.15, 0.2) is 17.5 Å². The second-order valence-electron chi connectivity index (χ2n) is 2.33. The molecule has 0 spiro atoms. The second kappa shape index (κ2) is 2.73. The van der Waals surface area contributed by atoms with Gasteiger partial charge < -0.3 is 5.11 Å². The molecule has 1 aromatic rings. The van der Waals surface area contributed by atoms with Gasteiger partial charge in [-0.2, -0.15) is 0 Å². The number of hydrogen-bond acceptors (Lipinski definition) is 1. The fraction of sp³-hybridized carbons (Fsp3) is 0.143. The summed E-state index contributed by atoms with van der Waals surface area (Å²) in [5.41, 5.74) is -1.49. The summed E-state index contributed by atoms with van der Waals surface area (Å²) in [7, 11) is 4.85. The van der Waals surface area contributed by atoms with Crippen LogP contribution in [0.25, 0.3) is 0 Å². The molecule has 1 rings (SSSR count). The Balaban J connectivity index is 3.60. The standard InChI is InChI=1S/C7H4BF3O/c1-2-4(9)6(11)3(8)7(12)5(2)10/h12H,1H3. The van der Waals surface area contributed by atoms with Crippen molar-refractivity contribution in [2.24, 2.45) is 0 Å². The molecule has 5 heteroatoms. The fourth-order valence-corrected chi connectivity index (χ4v) is 0.779. The third-order valence-electron chi connectivity index (χ3n) is 1.55. The van der Waals surface area contributed by atoms with Gasteiger partial charge in [-0.3, -0.25) is 0 Å². The third-order valence-corrected chi connectivity index (χ3v) is 1.55. The first-order valence-corrected chi connectivity index (χ1v) is 3.08. The molecule has 12 heavy (non-hydrogen) atoms. The Kier molecular flexibility index (Phi) is 2.04. The molecule has 0 unspecified atom stereocenters. The van der Waals surface area contributed by atoms with Crippen LogP contribution in [-0.4, -0.2) is 13.0 Å². The first kappa shape index (κ1) is 8.97. The number of halogens is 3. The zero-order valence-electron chi connectivity index (χ0n) is 6.16. The number of benzene rings is 1. The van der Waals surface area contributed by atoms with Gasteiger partial charge in [-0.1, -0.05) is 0 Å². The van der Waals surface area contributed by atoms with E-state index in [1.54, 1.807) is 0 Å². The van der Waals surface area contributed by atoms with Crippen LogP contribution in [0.4, 0.5) is 13.2 Å². The van der Waals surface area contributed by atoms with Crippen LogP contribution in [0, 0.1) is 24.4 Å². The van der Waals surface area contributed by atoms with Gasteiger partial charge in [0, 0.05) is 5.56 Å². The molecular weight excluding hydrogens is 168 g/mol. The van der Waals surface area contributed by atoms with Crippen molar-refractivity contribution in [2.75, 3.05) is 0 Å². The Hall–Kier alpha value is -1.13. The van der Waals surface area contributed by atoms with Crippen molar-refractivity contribution in [3.8, 4) is 5.75 Å². The first-order valence-electron chi connectivity index (χ1n) is 3.08. The lowest BCUT2D eigenvalue weighted by atomic mass is 9.92. The van der Waals surface area contributed by atoms with Crippen LogP contribution in [0.3, 0.4) is 0 Å². The average molecular weight is 172 g/mol. The van der Waals surface area contributed by atoms with Crippen LogP contribution in [0.5, 0.6) is 5.75 Å². The molecule has 1 aromatic carbocycles. The summed E-state index contributed by atoms with van der Waals surface area (Å²) >= 11 is 0. The first-order chi connectivity index (χ1) is 5.46. The van der Waals surface area contributed by atoms with Gasteiger partial charge >= 0.3 is 0 Å². The van der Waals surface area contributed by atoms with Crippen molar-refractivity contribution in [3.63, 3.8) is 0 Å². The molecule has 0 aliphatic heterocycles. The number of phenolic OH excluding ortho intramolecular Hbond substituents is 1. The lowest BCUT2D eigenvalue weighted by Gasteiger charge is -2.06. The maximum absolute atomic E-state index is 12.7. The van der Waals surface area contributed by atoms with Crippen LogP contribution >= 0.6 is 0 Å². The van der Waals surface area contributed by atoms with Gasteiger partial charge in [0.25, 0.3) is 0 Å². The van der Waals surface area contributed by atoms with Gasteiger partial charge in [0.1, 0.15) is 13.6 Å². The van der Waals surface area contributed by atoms with Crippen LogP contribution in [0.2, 0.25) is 0 Å². The van der Waals surface area contributed by atoms with Gasteiger partial charge in [-0.05, 0) is 12.4 Å². The molecular formula is C7H4BF3O. The molecule has 0 aliphatic rings. The average Bonchev–Trinajstić information content (AvgIpc) is 2.08. The molecule has 1 N–H and O–H groups in total. The summed E-state index contributed by atoms with van der Waals surface area (Å²) in [6, 6.07) is 0. The summed E-state index contributed by atoms with van der Waals surface area (Å²) in [5, 5.41) is 8.79. The molecule has 62 valence electrons. The van der Waals surface area contributed by atoms with Crippen molar-refractivity contribution >= 4 is 13.3 Å². The highest BCUT2D eigenvalue weighted by Crippen LogP contribution is 2.20. The summed E-state index contributed by atoms with van der Waals surface area (Å²) in [4.78, 5) is 0. The molecule has 0 aromatic heterocycles. The van der Waals surface area contributed by atoms with Gasteiger partial charge in [0.2, 0.25) is 0 Å². The SMILES string of the molecule is [B]c1c(O)c(F)c(C)c(F)c1F. The summed E-state index contributed by atoms with van der Waals surface area (Å²) in [6.45, 7) is 1.01. The molecule has 0 saturated heterocycles. The van der Waals surface area contributed by atoms with E-state index in [2.05, 4.69) is 0 Å². The van der Waals surface area contributed by atoms with Crippen LogP contribution < -0.4 is 5.46 Å². The largest absolute Gasteiger partial charge is 0.505 e. The van der Waals surface area contributed by atoms with Crippen LogP contribution in [0.1, 0.15) is 5.56 Å². The summed E-state index contributed by atoms with van der Waals surface area (Å²) in [6.07, 6.45) is 0. The van der Waals surface area contributed by atoms with E-state index in [1.807, 2.05) is 0 Å². The number of hydrogen-bond donors (Lipinski definition) is 1. The molecule has 0 saturated carbocycles. The minimum Gasteiger partial charge on any atom is -0.505 e. The molecule has 0 amide bonds. The summed E-state index contributed by atoms with van der Waals surface area (Å²) < 4.78 is 37.9. The third kappa shape index (κ3) is 1.05. The lowest BCUT2D eigenvalue weighted by Crippen LogP contribution is -2.15. The molecule has 0 fully saturated rings. The molecule has 0 aliphatic carbocycles. The van der Waals surface area contributed by atoms with Crippen molar-refractivity contribution < 1.29 is 18.3 Å². The minimum absolute atomic E-state index is 0.584. The predicted molar refractivity (Wildman–Crippen MR) is 38.1 cm³/mol. The van der Waals surface area contributed by atoms with E-state index in [-0.39, 0.29) is 0 Å². The zero-order valence-corrected chi connectivity index (χ0v) is 6.16. The van der Waals surface area contributed by atoms with Crippen LogP contribution in [-0.2, 0) is 0 Å². The van der Waals surface area contributed by atoms with Gasteiger partial charge in [-0.15, -0.1) is 0 Å². The number of rotatable bonds is 0. The highest BCUT2D eigenvalue weighted by molar-refractivity contribution is 6.34. The van der Waals surface area contributed by atoms with E-state index in [4.69, 9.17) is 13.0 Å². The Morgan fingerprint density at radius 3 is 2.08 bits per heavy atom. The molecule has 0 bridgehead atoms. The Morgan fingerprint density at radius 2 is 1.58 bits per heavy atom. The quantitative estimate of drug-likeness (QED) is 0.455. The van der Waals surface area contributed by atoms with E-state index in [9.17, 15) is 13.2 Å². The number of phenols is 1. The van der Waals surface area contributed by atoms with E-state index in [1.165, 1.54) is 0 Å². The van der Waals surface area contributed by atoms with Gasteiger partial charge in [0.05, 0.1) is 0 Å². The van der Waals surface area contributed by atoms with E-state index in [0.717, 1.165) is 6.92 Å². The Bertz CT molecular complexity index is 233. The number of aromatic hydroxyl groups is 1. The van der Waals surface area contributed by atoms with E-state index >= 15 is 0 Å². The second-order valence-corrected chi connectivity index (χ2v) is 2.33. The predicted octanol–water partition coefficient (Wildman–Crippen LogP) is 0.912. The molecule has 2 radical (unpaired) electrons. The molecule has 0 atom stereocenters. The highest BCUT2D eigenvalue weighted by atomic mass is 19.2.